The van der Waals surface area contributed by atoms with Gasteiger partial charge in [-0.25, -0.2) is 9.97 Å². The van der Waals surface area contributed by atoms with Crippen LogP contribution in [0.25, 0.3) is 11.3 Å². The molecule has 24 heavy (non-hydrogen) atoms. The molecule has 2 aromatic heterocycles. The second kappa shape index (κ2) is 6.91. The zero-order valence-corrected chi connectivity index (χ0v) is 13.6. The van der Waals surface area contributed by atoms with E-state index in [2.05, 4.69) is 19.9 Å². The summed E-state index contributed by atoms with van der Waals surface area (Å²) >= 11 is 0. The van der Waals surface area contributed by atoms with Crippen LogP contribution in [0.5, 0.6) is 23.5 Å². The van der Waals surface area contributed by atoms with Crippen molar-refractivity contribution < 1.29 is 14.2 Å². The van der Waals surface area contributed by atoms with Crippen molar-refractivity contribution in [2.24, 2.45) is 0 Å². The van der Waals surface area contributed by atoms with E-state index in [0.29, 0.717) is 23.3 Å². The molecule has 0 aliphatic heterocycles. The van der Waals surface area contributed by atoms with Crippen molar-refractivity contribution in [3.05, 3.63) is 48.4 Å². The maximum Gasteiger partial charge on any atom is 0.328 e. The number of methoxy groups -OCH3 is 2. The molecule has 0 radical (unpaired) electrons. The van der Waals surface area contributed by atoms with Gasteiger partial charge in [-0.1, -0.05) is 12.1 Å². The smallest absolute Gasteiger partial charge is 0.328 e. The lowest BCUT2D eigenvalue weighted by Crippen LogP contribution is -1.99. The van der Waals surface area contributed by atoms with Crippen molar-refractivity contribution in [2.75, 3.05) is 14.2 Å². The third-order valence-corrected chi connectivity index (χ3v) is 3.22. The summed E-state index contributed by atoms with van der Waals surface area (Å²) in [6.07, 6.45) is 1.71. The monoisotopic (exact) mass is 324 g/mol. The van der Waals surface area contributed by atoms with Gasteiger partial charge in [-0.15, -0.1) is 0 Å². The van der Waals surface area contributed by atoms with Crippen LogP contribution in [0.3, 0.4) is 0 Å². The Morgan fingerprint density at radius 3 is 2.25 bits per heavy atom. The third kappa shape index (κ3) is 3.40. The first kappa shape index (κ1) is 15.7. The summed E-state index contributed by atoms with van der Waals surface area (Å²) < 4.78 is 16.1. The van der Waals surface area contributed by atoms with Gasteiger partial charge in [0.25, 0.3) is 0 Å². The van der Waals surface area contributed by atoms with Gasteiger partial charge in [-0.3, -0.25) is 0 Å². The van der Waals surface area contributed by atoms with Crippen molar-refractivity contribution in [1.82, 2.24) is 19.9 Å². The van der Waals surface area contributed by atoms with Gasteiger partial charge in [0, 0.05) is 11.8 Å². The number of para-hydroxylation sites is 1. The Morgan fingerprint density at radius 1 is 0.875 bits per heavy atom. The van der Waals surface area contributed by atoms with E-state index in [1.54, 1.807) is 12.3 Å². The number of hydrogen-bond donors (Lipinski definition) is 0. The lowest BCUT2D eigenvalue weighted by Gasteiger charge is -2.11. The first-order chi connectivity index (χ1) is 11.7. The molecule has 0 atom stereocenters. The van der Waals surface area contributed by atoms with Crippen molar-refractivity contribution >= 4 is 0 Å². The van der Waals surface area contributed by atoms with E-state index in [-0.39, 0.29) is 6.01 Å². The zero-order valence-electron chi connectivity index (χ0n) is 13.6. The minimum Gasteiger partial charge on any atom is -0.481 e. The minimum atomic E-state index is 0.129. The minimum absolute atomic E-state index is 0.129. The molecule has 2 heterocycles. The Kier molecular flexibility index (Phi) is 4.51. The normalized spacial score (nSPS) is 10.3. The largest absolute Gasteiger partial charge is 0.481 e. The Labute approximate surface area is 139 Å². The Hall–Kier alpha value is -3.22. The Morgan fingerprint density at radius 2 is 1.58 bits per heavy atom. The molecule has 0 aliphatic rings. The standard InChI is InChI=1S/C17H16N4O3/c1-11-18-9-8-13(19-11)12-6-4-5-7-14(12)24-17-20-15(22-2)10-16(21-17)23-3/h4-10H,1-3H3. The van der Waals surface area contributed by atoms with Crippen LogP contribution in [0.1, 0.15) is 5.82 Å². The average molecular weight is 324 g/mol. The van der Waals surface area contributed by atoms with E-state index < -0.39 is 0 Å². The summed E-state index contributed by atoms with van der Waals surface area (Å²) in [6.45, 7) is 1.84. The van der Waals surface area contributed by atoms with Crippen molar-refractivity contribution in [1.29, 1.82) is 0 Å². The fourth-order valence-corrected chi connectivity index (χ4v) is 2.11. The third-order valence-electron chi connectivity index (χ3n) is 3.22. The van der Waals surface area contributed by atoms with Gasteiger partial charge in [-0.05, 0) is 25.1 Å². The van der Waals surface area contributed by atoms with Crippen molar-refractivity contribution in [3.63, 3.8) is 0 Å². The summed E-state index contributed by atoms with van der Waals surface area (Å²) in [6, 6.07) is 11.0. The van der Waals surface area contributed by atoms with Crippen LogP contribution in [0, 0.1) is 6.92 Å². The molecule has 3 aromatic rings. The van der Waals surface area contributed by atoms with Gasteiger partial charge in [0.05, 0.1) is 26.0 Å². The first-order valence-electron chi connectivity index (χ1n) is 7.23. The van der Waals surface area contributed by atoms with Crippen LogP contribution in [-0.4, -0.2) is 34.2 Å². The molecule has 7 nitrogen and oxygen atoms in total. The fourth-order valence-electron chi connectivity index (χ4n) is 2.11. The second-order valence-electron chi connectivity index (χ2n) is 4.82. The number of aromatic nitrogens is 4. The first-order valence-corrected chi connectivity index (χ1v) is 7.23. The maximum atomic E-state index is 5.85. The van der Waals surface area contributed by atoms with Gasteiger partial charge in [0.15, 0.2) is 0 Å². The molecule has 7 heteroatoms. The molecule has 0 fully saturated rings. The molecule has 0 saturated heterocycles. The lowest BCUT2D eigenvalue weighted by atomic mass is 10.1. The number of rotatable bonds is 5. The number of hydrogen-bond acceptors (Lipinski definition) is 7. The summed E-state index contributed by atoms with van der Waals surface area (Å²) in [5.41, 5.74) is 1.57. The highest BCUT2D eigenvalue weighted by atomic mass is 16.5. The van der Waals surface area contributed by atoms with Gasteiger partial charge in [0.2, 0.25) is 11.8 Å². The molecule has 0 N–H and O–H groups in total. The van der Waals surface area contributed by atoms with Crippen LogP contribution in [-0.2, 0) is 0 Å². The van der Waals surface area contributed by atoms with Gasteiger partial charge in [-0.2, -0.15) is 9.97 Å². The van der Waals surface area contributed by atoms with E-state index in [9.17, 15) is 0 Å². The summed E-state index contributed by atoms with van der Waals surface area (Å²) in [5.74, 6) is 1.96. The van der Waals surface area contributed by atoms with Crippen LogP contribution in [0.15, 0.2) is 42.6 Å². The highest BCUT2D eigenvalue weighted by Crippen LogP contribution is 2.32. The van der Waals surface area contributed by atoms with Crippen molar-refractivity contribution in [3.8, 4) is 34.8 Å². The van der Waals surface area contributed by atoms with Crippen LogP contribution < -0.4 is 14.2 Å². The topological polar surface area (TPSA) is 79.2 Å². The Balaban J connectivity index is 2.00. The average Bonchev–Trinajstić information content (AvgIpc) is 2.61. The van der Waals surface area contributed by atoms with Crippen LogP contribution in [0.4, 0.5) is 0 Å². The highest BCUT2D eigenvalue weighted by Gasteiger charge is 2.12. The van der Waals surface area contributed by atoms with Gasteiger partial charge in [0.1, 0.15) is 11.6 Å². The van der Waals surface area contributed by atoms with Crippen LogP contribution in [0.2, 0.25) is 0 Å². The predicted octanol–water partition coefficient (Wildman–Crippen LogP) is 3.05. The molecule has 0 bridgehead atoms. The predicted molar refractivity (Wildman–Crippen MR) is 87.4 cm³/mol. The molecule has 3 rings (SSSR count). The van der Waals surface area contributed by atoms with E-state index in [1.807, 2.05) is 37.3 Å². The van der Waals surface area contributed by atoms with E-state index in [4.69, 9.17) is 14.2 Å². The molecule has 0 unspecified atom stereocenters. The van der Waals surface area contributed by atoms with E-state index >= 15 is 0 Å². The fraction of sp³-hybridized carbons (Fsp3) is 0.176. The summed E-state index contributed by atoms with van der Waals surface area (Å²) in [7, 11) is 3.03. The Bertz CT molecular complexity index is 832. The molecule has 1 aromatic carbocycles. The number of nitrogens with zero attached hydrogens (tertiary/aromatic N) is 4. The molecule has 122 valence electrons. The summed E-state index contributed by atoms with van der Waals surface area (Å²) in [5, 5.41) is 0. The highest BCUT2D eigenvalue weighted by molar-refractivity contribution is 5.67. The van der Waals surface area contributed by atoms with E-state index in [1.165, 1.54) is 14.2 Å². The molecular weight excluding hydrogens is 308 g/mol. The molecule has 0 aliphatic carbocycles. The molecule has 0 spiro atoms. The maximum absolute atomic E-state index is 5.85. The number of aryl methyl sites for hydroxylation is 1. The molecular formula is C17H16N4O3. The number of benzene rings is 1. The van der Waals surface area contributed by atoms with Crippen LogP contribution >= 0.6 is 0 Å². The molecule has 0 amide bonds. The summed E-state index contributed by atoms with van der Waals surface area (Å²) in [4.78, 5) is 16.9. The van der Waals surface area contributed by atoms with Gasteiger partial charge >= 0.3 is 6.01 Å². The molecule has 0 saturated carbocycles. The SMILES string of the molecule is COc1cc(OC)nc(Oc2ccccc2-c2ccnc(C)n2)n1. The number of ether oxygens (including phenoxy) is 3. The van der Waals surface area contributed by atoms with Crippen molar-refractivity contribution in [2.45, 2.75) is 6.92 Å². The zero-order chi connectivity index (χ0) is 16.9. The van der Waals surface area contributed by atoms with Gasteiger partial charge < -0.3 is 14.2 Å². The lowest BCUT2D eigenvalue weighted by molar-refractivity contribution is 0.348. The van der Waals surface area contributed by atoms with E-state index in [0.717, 1.165) is 11.3 Å². The quantitative estimate of drug-likeness (QED) is 0.713. The second-order valence-corrected chi connectivity index (χ2v) is 4.82.